The molecule has 2 aromatic rings. The van der Waals surface area contributed by atoms with Gasteiger partial charge in [0.15, 0.2) is 0 Å². The predicted molar refractivity (Wildman–Crippen MR) is 84.2 cm³/mol. The van der Waals surface area contributed by atoms with E-state index in [4.69, 9.17) is 11.6 Å². The van der Waals surface area contributed by atoms with E-state index >= 15 is 0 Å². The van der Waals surface area contributed by atoms with Gasteiger partial charge < -0.3 is 5.32 Å². The van der Waals surface area contributed by atoms with Crippen LogP contribution in [0.15, 0.2) is 41.3 Å². The van der Waals surface area contributed by atoms with Crippen molar-refractivity contribution in [2.45, 2.75) is 4.90 Å². The van der Waals surface area contributed by atoms with Gasteiger partial charge in [-0.05, 0) is 36.6 Å². The Labute approximate surface area is 134 Å². The third kappa shape index (κ3) is 3.55. The van der Waals surface area contributed by atoms with Crippen LogP contribution in [0, 0.1) is 15.9 Å². The van der Waals surface area contributed by atoms with E-state index in [1.165, 1.54) is 36.0 Å². The van der Waals surface area contributed by atoms with E-state index in [1.54, 1.807) is 12.3 Å². The Kier molecular flexibility index (Phi) is 4.99. The van der Waals surface area contributed by atoms with Gasteiger partial charge in [-0.25, -0.2) is 4.39 Å². The molecule has 0 radical (unpaired) electrons. The molecule has 5 nitrogen and oxygen atoms in total. The molecular formula is C14H10ClFN2O3S. The summed E-state index contributed by atoms with van der Waals surface area (Å²) in [4.78, 5) is 23.4. The molecule has 0 unspecified atom stereocenters. The number of nitro groups is 1. The lowest BCUT2D eigenvalue weighted by Gasteiger charge is -2.08. The number of nitrogens with zero attached hydrogens (tertiary/aromatic N) is 1. The first-order chi connectivity index (χ1) is 10.4. The normalized spacial score (nSPS) is 10.3. The third-order valence-electron chi connectivity index (χ3n) is 2.82. The fraction of sp³-hybridized carbons (Fsp3) is 0.0714. The zero-order valence-corrected chi connectivity index (χ0v) is 12.9. The van der Waals surface area contributed by atoms with Crippen LogP contribution in [0.2, 0.25) is 5.02 Å². The third-order valence-corrected chi connectivity index (χ3v) is 3.84. The number of hydrogen-bond acceptors (Lipinski definition) is 4. The molecule has 0 aromatic heterocycles. The smallest absolute Gasteiger partial charge is 0.282 e. The molecule has 114 valence electrons. The van der Waals surface area contributed by atoms with E-state index in [9.17, 15) is 19.3 Å². The molecule has 0 saturated carbocycles. The van der Waals surface area contributed by atoms with Gasteiger partial charge in [0, 0.05) is 16.6 Å². The summed E-state index contributed by atoms with van der Waals surface area (Å²) < 4.78 is 13.1. The number of amides is 1. The summed E-state index contributed by atoms with van der Waals surface area (Å²) in [6.45, 7) is 0. The maximum absolute atomic E-state index is 13.1. The highest BCUT2D eigenvalue weighted by Gasteiger charge is 2.21. The molecule has 2 rings (SSSR count). The van der Waals surface area contributed by atoms with Gasteiger partial charge in [-0.3, -0.25) is 14.9 Å². The van der Waals surface area contributed by atoms with Crippen molar-refractivity contribution in [3.05, 3.63) is 62.9 Å². The molecule has 0 saturated heterocycles. The van der Waals surface area contributed by atoms with Crippen molar-refractivity contribution in [2.24, 2.45) is 0 Å². The van der Waals surface area contributed by atoms with E-state index in [-0.39, 0.29) is 22.0 Å². The zero-order chi connectivity index (χ0) is 16.3. The quantitative estimate of drug-likeness (QED) is 0.510. The minimum absolute atomic E-state index is 0.0719. The van der Waals surface area contributed by atoms with Crippen LogP contribution in [-0.2, 0) is 0 Å². The average molecular weight is 341 g/mol. The first-order valence-corrected chi connectivity index (χ1v) is 7.61. The summed E-state index contributed by atoms with van der Waals surface area (Å²) in [6, 6.07) is 7.93. The highest BCUT2D eigenvalue weighted by Crippen LogP contribution is 2.26. The molecule has 0 aliphatic carbocycles. The Bertz CT molecular complexity index is 755. The lowest BCUT2D eigenvalue weighted by molar-refractivity contribution is -0.385. The lowest BCUT2D eigenvalue weighted by Crippen LogP contribution is -2.14. The molecule has 0 aliphatic heterocycles. The number of nitrogens with one attached hydrogen (secondary N) is 1. The van der Waals surface area contributed by atoms with Gasteiger partial charge in [-0.1, -0.05) is 11.6 Å². The summed E-state index contributed by atoms with van der Waals surface area (Å²) in [5.74, 6) is -1.28. The highest BCUT2D eigenvalue weighted by molar-refractivity contribution is 7.98. The van der Waals surface area contributed by atoms with Gasteiger partial charge in [0.1, 0.15) is 11.4 Å². The molecular weight excluding hydrogens is 331 g/mol. The van der Waals surface area contributed by atoms with Crippen LogP contribution in [0.25, 0.3) is 0 Å². The predicted octanol–water partition coefficient (Wildman–Crippen LogP) is 4.36. The molecule has 0 atom stereocenters. The van der Waals surface area contributed by atoms with Crippen molar-refractivity contribution in [3.63, 3.8) is 0 Å². The SMILES string of the molecule is CSc1ccc([N+](=O)[O-])c(C(=O)Nc2ccc(F)c(Cl)c2)c1. The number of halogens is 2. The molecule has 1 N–H and O–H groups in total. The van der Waals surface area contributed by atoms with E-state index in [1.807, 2.05) is 0 Å². The largest absolute Gasteiger partial charge is 0.322 e. The fourth-order valence-corrected chi connectivity index (χ4v) is 2.38. The molecule has 0 spiro atoms. The van der Waals surface area contributed by atoms with Crippen molar-refractivity contribution in [3.8, 4) is 0 Å². The number of carbonyl (C=O) groups is 1. The van der Waals surface area contributed by atoms with Crippen LogP contribution in [0.5, 0.6) is 0 Å². The van der Waals surface area contributed by atoms with Crippen molar-refractivity contribution in [2.75, 3.05) is 11.6 Å². The summed E-state index contributed by atoms with van der Waals surface area (Å²) in [7, 11) is 0. The van der Waals surface area contributed by atoms with Crippen molar-refractivity contribution in [1.82, 2.24) is 0 Å². The highest BCUT2D eigenvalue weighted by atomic mass is 35.5. The first-order valence-electron chi connectivity index (χ1n) is 6.01. The van der Waals surface area contributed by atoms with E-state index in [0.29, 0.717) is 4.90 Å². The monoisotopic (exact) mass is 340 g/mol. The maximum atomic E-state index is 13.1. The van der Waals surface area contributed by atoms with Gasteiger partial charge in [0.2, 0.25) is 0 Å². The molecule has 0 aliphatic rings. The van der Waals surface area contributed by atoms with Gasteiger partial charge >= 0.3 is 0 Å². The molecule has 0 fully saturated rings. The second-order valence-corrected chi connectivity index (χ2v) is 5.51. The van der Waals surface area contributed by atoms with Gasteiger partial charge in [-0.2, -0.15) is 0 Å². The Morgan fingerprint density at radius 2 is 2.05 bits per heavy atom. The Balaban J connectivity index is 2.35. The minimum atomic E-state index is -0.662. The van der Waals surface area contributed by atoms with E-state index < -0.39 is 16.6 Å². The fourth-order valence-electron chi connectivity index (χ4n) is 1.76. The zero-order valence-electron chi connectivity index (χ0n) is 11.3. The summed E-state index contributed by atoms with van der Waals surface area (Å²) in [6.07, 6.45) is 1.79. The van der Waals surface area contributed by atoms with Crippen molar-refractivity contribution in [1.29, 1.82) is 0 Å². The number of benzene rings is 2. The number of hydrogen-bond donors (Lipinski definition) is 1. The topological polar surface area (TPSA) is 72.2 Å². The Morgan fingerprint density at radius 1 is 1.32 bits per heavy atom. The average Bonchev–Trinajstić information content (AvgIpc) is 2.50. The Morgan fingerprint density at radius 3 is 2.64 bits per heavy atom. The second-order valence-electron chi connectivity index (χ2n) is 4.22. The molecule has 8 heteroatoms. The first kappa shape index (κ1) is 16.3. The number of carbonyl (C=O) groups excluding carboxylic acids is 1. The van der Waals surface area contributed by atoms with E-state index in [2.05, 4.69) is 5.32 Å². The number of anilines is 1. The van der Waals surface area contributed by atoms with Gasteiger partial charge in [0.25, 0.3) is 11.6 Å². The molecule has 0 heterocycles. The lowest BCUT2D eigenvalue weighted by atomic mass is 10.1. The second kappa shape index (κ2) is 6.76. The van der Waals surface area contributed by atoms with Crippen LogP contribution in [-0.4, -0.2) is 17.1 Å². The molecule has 1 amide bonds. The van der Waals surface area contributed by atoms with Crippen molar-refractivity contribution >= 4 is 40.6 Å². The Hall–Kier alpha value is -2.12. The molecule has 22 heavy (non-hydrogen) atoms. The molecule has 0 bridgehead atoms. The van der Waals surface area contributed by atoms with E-state index in [0.717, 1.165) is 6.07 Å². The van der Waals surface area contributed by atoms with Crippen LogP contribution in [0.4, 0.5) is 15.8 Å². The maximum Gasteiger partial charge on any atom is 0.282 e. The van der Waals surface area contributed by atoms with Crippen LogP contribution in [0.3, 0.4) is 0 Å². The molecule has 2 aromatic carbocycles. The standard InChI is InChI=1S/C14H10ClFN2O3S/c1-22-9-3-5-13(18(20)21)10(7-9)14(19)17-8-2-4-12(16)11(15)6-8/h2-7H,1H3,(H,17,19). The summed E-state index contributed by atoms with van der Waals surface area (Å²) in [5.41, 5.74) is -0.124. The van der Waals surface area contributed by atoms with Gasteiger partial charge in [-0.15, -0.1) is 11.8 Å². The summed E-state index contributed by atoms with van der Waals surface area (Å²) in [5, 5.41) is 13.3. The number of thioether (sulfide) groups is 1. The van der Waals surface area contributed by atoms with Crippen molar-refractivity contribution < 1.29 is 14.1 Å². The van der Waals surface area contributed by atoms with Crippen LogP contribution in [0.1, 0.15) is 10.4 Å². The number of rotatable bonds is 4. The van der Waals surface area contributed by atoms with Crippen LogP contribution < -0.4 is 5.32 Å². The van der Waals surface area contributed by atoms with Crippen LogP contribution >= 0.6 is 23.4 Å². The number of nitro benzene ring substituents is 1. The van der Waals surface area contributed by atoms with Gasteiger partial charge in [0.05, 0.1) is 9.95 Å². The summed E-state index contributed by atoms with van der Waals surface area (Å²) >= 11 is 6.99. The minimum Gasteiger partial charge on any atom is -0.322 e.